The van der Waals surface area contributed by atoms with Gasteiger partial charge in [-0.1, -0.05) is 32.9 Å². The van der Waals surface area contributed by atoms with E-state index in [0.29, 0.717) is 5.56 Å². The molecule has 0 bridgehead atoms. The van der Waals surface area contributed by atoms with Crippen LogP contribution in [0.4, 0.5) is 0 Å². The summed E-state index contributed by atoms with van der Waals surface area (Å²) >= 11 is 0. The molecule has 0 aliphatic heterocycles. The van der Waals surface area contributed by atoms with Crippen molar-refractivity contribution in [3.8, 4) is 0 Å². The van der Waals surface area contributed by atoms with E-state index in [1.165, 1.54) is 0 Å². The minimum atomic E-state index is -1.15. The minimum Gasteiger partial charge on any atom is -0.480 e. The van der Waals surface area contributed by atoms with Gasteiger partial charge in [-0.25, -0.2) is 4.79 Å². The molecule has 1 unspecified atom stereocenters. The number of carboxylic acid groups (broad SMARTS) is 1. The molecule has 0 radical (unpaired) electrons. The fraction of sp³-hybridized carbons (Fsp3) is 0.467. The maximum absolute atomic E-state index is 11.9. The number of aliphatic hydroxyl groups is 1. The molecule has 0 saturated carbocycles. The maximum atomic E-state index is 11.9. The molecule has 0 fully saturated rings. The number of carboxylic acids is 1. The third-order valence-electron chi connectivity index (χ3n) is 3.03. The fourth-order valence-electron chi connectivity index (χ4n) is 1.75. The summed E-state index contributed by atoms with van der Waals surface area (Å²) in [5.74, 6) is -1.61. The molecule has 5 heteroatoms. The van der Waals surface area contributed by atoms with Crippen molar-refractivity contribution in [2.45, 2.75) is 38.6 Å². The molecule has 1 amide bonds. The van der Waals surface area contributed by atoms with E-state index in [1.807, 2.05) is 12.1 Å². The predicted octanol–water partition coefficient (Wildman–Crippen LogP) is 1.55. The molecule has 0 aliphatic rings. The highest BCUT2D eigenvalue weighted by Crippen LogP contribution is 2.22. The van der Waals surface area contributed by atoms with Crippen molar-refractivity contribution in [3.05, 3.63) is 35.4 Å². The highest BCUT2D eigenvalue weighted by Gasteiger charge is 2.20. The standard InChI is InChI=1S/C15H21NO4/c1-15(2,3)11-6-4-10(5-7-11)13(18)16-12(8-9-17)14(19)20/h4-7,12,17H,8-9H2,1-3H3,(H,16,18)(H,19,20). The molecule has 0 aromatic heterocycles. The average Bonchev–Trinajstić information content (AvgIpc) is 2.37. The summed E-state index contributed by atoms with van der Waals surface area (Å²) in [6.45, 7) is 5.93. The second-order valence-corrected chi connectivity index (χ2v) is 5.70. The van der Waals surface area contributed by atoms with Gasteiger partial charge in [0.1, 0.15) is 6.04 Å². The van der Waals surface area contributed by atoms with Crippen LogP contribution >= 0.6 is 0 Å². The third kappa shape index (κ3) is 4.35. The van der Waals surface area contributed by atoms with E-state index in [-0.39, 0.29) is 18.4 Å². The Kier molecular flexibility index (Phi) is 5.27. The average molecular weight is 279 g/mol. The van der Waals surface area contributed by atoms with E-state index in [0.717, 1.165) is 5.56 Å². The molecule has 110 valence electrons. The molecule has 3 N–H and O–H groups in total. The highest BCUT2D eigenvalue weighted by molar-refractivity contribution is 5.96. The summed E-state index contributed by atoms with van der Waals surface area (Å²) in [5.41, 5.74) is 1.50. The molecule has 1 rings (SSSR count). The van der Waals surface area contributed by atoms with Crippen LogP contribution in [0.5, 0.6) is 0 Å². The van der Waals surface area contributed by atoms with Crippen molar-refractivity contribution >= 4 is 11.9 Å². The van der Waals surface area contributed by atoms with Crippen LogP contribution < -0.4 is 5.32 Å². The molecule has 1 atom stereocenters. The predicted molar refractivity (Wildman–Crippen MR) is 75.7 cm³/mol. The van der Waals surface area contributed by atoms with Crippen LogP contribution in [0.3, 0.4) is 0 Å². The van der Waals surface area contributed by atoms with Gasteiger partial charge >= 0.3 is 5.97 Å². The van der Waals surface area contributed by atoms with Crippen LogP contribution in [0.2, 0.25) is 0 Å². The first-order chi connectivity index (χ1) is 9.25. The van der Waals surface area contributed by atoms with Crippen molar-refractivity contribution in [3.63, 3.8) is 0 Å². The summed E-state index contributed by atoms with van der Waals surface area (Å²) in [6.07, 6.45) is -0.0127. The second-order valence-electron chi connectivity index (χ2n) is 5.70. The number of hydrogen-bond donors (Lipinski definition) is 3. The first-order valence-electron chi connectivity index (χ1n) is 6.51. The summed E-state index contributed by atoms with van der Waals surface area (Å²) in [7, 11) is 0. The van der Waals surface area contributed by atoms with Gasteiger partial charge in [0, 0.05) is 18.6 Å². The normalized spacial score (nSPS) is 12.8. The lowest BCUT2D eigenvalue weighted by Crippen LogP contribution is -2.41. The van der Waals surface area contributed by atoms with Crippen LogP contribution in [-0.4, -0.2) is 34.7 Å². The Bertz CT molecular complexity index is 474. The summed E-state index contributed by atoms with van der Waals surface area (Å²) < 4.78 is 0. The van der Waals surface area contributed by atoms with Gasteiger partial charge in [-0.15, -0.1) is 0 Å². The van der Waals surface area contributed by atoms with E-state index in [1.54, 1.807) is 12.1 Å². The Balaban J connectivity index is 2.80. The molecule has 1 aromatic rings. The molecule has 20 heavy (non-hydrogen) atoms. The summed E-state index contributed by atoms with van der Waals surface area (Å²) in [5, 5.41) is 20.1. The van der Waals surface area contributed by atoms with Crippen molar-refractivity contribution < 1.29 is 19.8 Å². The van der Waals surface area contributed by atoms with Crippen LogP contribution in [0.25, 0.3) is 0 Å². The van der Waals surface area contributed by atoms with E-state index >= 15 is 0 Å². The zero-order valence-electron chi connectivity index (χ0n) is 12.0. The molecule has 1 aromatic carbocycles. The molecule has 0 heterocycles. The van der Waals surface area contributed by atoms with Gasteiger partial charge in [0.25, 0.3) is 5.91 Å². The van der Waals surface area contributed by atoms with Crippen molar-refractivity contribution in [2.24, 2.45) is 0 Å². The molecule has 0 saturated heterocycles. The van der Waals surface area contributed by atoms with Crippen molar-refractivity contribution in [2.75, 3.05) is 6.61 Å². The monoisotopic (exact) mass is 279 g/mol. The lowest BCUT2D eigenvalue weighted by Gasteiger charge is -2.19. The van der Waals surface area contributed by atoms with Gasteiger partial charge in [-0.3, -0.25) is 4.79 Å². The number of rotatable bonds is 5. The van der Waals surface area contributed by atoms with Crippen LogP contribution in [0.1, 0.15) is 43.1 Å². The van der Waals surface area contributed by atoms with E-state index in [2.05, 4.69) is 26.1 Å². The van der Waals surface area contributed by atoms with Crippen LogP contribution in [-0.2, 0) is 10.2 Å². The number of carbonyl (C=O) groups excluding carboxylic acids is 1. The SMILES string of the molecule is CC(C)(C)c1ccc(C(=O)NC(CCO)C(=O)O)cc1. The largest absolute Gasteiger partial charge is 0.480 e. The van der Waals surface area contributed by atoms with Gasteiger partial charge in [0.2, 0.25) is 0 Å². The topological polar surface area (TPSA) is 86.6 Å². The second kappa shape index (κ2) is 6.52. The number of amides is 1. The van der Waals surface area contributed by atoms with E-state index in [4.69, 9.17) is 10.2 Å². The van der Waals surface area contributed by atoms with E-state index < -0.39 is 17.9 Å². The Morgan fingerprint density at radius 1 is 1.20 bits per heavy atom. The zero-order valence-corrected chi connectivity index (χ0v) is 12.0. The fourth-order valence-corrected chi connectivity index (χ4v) is 1.75. The number of aliphatic carboxylic acids is 1. The first kappa shape index (κ1) is 16.2. The van der Waals surface area contributed by atoms with Crippen molar-refractivity contribution in [1.82, 2.24) is 5.32 Å². The van der Waals surface area contributed by atoms with Crippen LogP contribution in [0, 0.1) is 0 Å². The summed E-state index contributed by atoms with van der Waals surface area (Å²) in [6, 6.07) is 5.99. The lowest BCUT2D eigenvalue weighted by molar-refractivity contribution is -0.139. The quantitative estimate of drug-likeness (QED) is 0.763. The maximum Gasteiger partial charge on any atom is 0.326 e. The minimum absolute atomic E-state index is 0.00447. The molecule has 0 aliphatic carbocycles. The summed E-state index contributed by atoms with van der Waals surface area (Å²) in [4.78, 5) is 22.9. The molecule has 5 nitrogen and oxygen atoms in total. The Morgan fingerprint density at radius 2 is 1.75 bits per heavy atom. The van der Waals surface area contributed by atoms with E-state index in [9.17, 15) is 9.59 Å². The number of hydrogen-bond acceptors (Lipinski definition) is 3. The van der Waals surface area contributed by atoms with Crippen LogP contribution in [0.15, 0.2) is 24.3 Å². The Hall–Kier alpha value is -1.88. The number of aliphatic hydroxyl groups excluding tert-OH is 1. The van der Waals surface area contributed by atoms with Gasteiger partial charge in [-0.2, -0.15) is 0 Å². The number of benzene rings is 1. The Morgan fingerprint density at radius 3 is 2.15 bits per heavy atom. The number of nitrogens with one attached hydrogen (secondary N) is 1. The molecular weight excluding hydrogens is 258 g/mol. The van der Waals surface area contributed by atoms with Crippen molar-refractivity contribution in [1.29, 1.82) is 0 Å². The zero-order chi connectivity index (χ0) is 15.3. The first-order valence-corrected chi connectivity index (χ1v) is 6.51. The number of carbonyl (C=O) groups is 2. The third-order valence-corrected chi connectivity index (χ3v) is 3.03. The van der Waals surface area contributed by atoms with Gasteiger partial charge in [0.15, 0.2) is 0 Å². The highest BCUT2D eigenvalue weighted by atomic mass is 16.4. The van der Waals surface area contributed by atoms with Gasteiger partial charge < -0.3 is 15.5 Å². The molecule has 0 spiro atoms. The lowest BCUT2D eigenvalue weighted by atomic mass is 9.86. The Labute approximate surface area is 118 Å². The van der Waals surface area contributed by atoms with Gasteiger partial charge in [0.05, 0.1) is 0 Å². The molecular formula is C15H21NO4. The smallest absolute Gasteiger partial charge is 0.326 e. The van der Waals surface area contributed by atoms with Gasteiger partial charge in [-0.05, 0) is 23.1 Å².